The molecule has 7 rings (SSSR count). The minimum atomic E-state index is -0.718. The molecule has 1 saturated heterocycles. The molecule has 0 unspecified atom stereocenters. The maximum Gasteiger partial charge on any atom is 0.241 e. The van der Waals surface area contributed by atoms with E-state index in [-0.39, 0.29) is 30.1 Å². The first-order valence-corrected chi connectivity index (χ1v) is 10.3. The molecule has 4 aliphatic rings. The van der Waals surface area contributed by atoms with Gasteiger partial charge in [0.15, 0.2) is 0 Å². The number of amides is 2. The first-order valence-electron chi connectivity index (χ1n) is 9.91. The number of rotatable bonds is 1. The monoisotopic (exact) mass is 399 g/mol. The normalized spacial score (nSPS) is 26.7. The highest BCUT2D eigenvalue weighted by atomic mass is 35.5. The fourth-order valence-corrected chi connectivity index (χ4v) is 5.94. The van der Waals surface area contributed by atoms with E-state index < -0.39 is 5.41 Å². The fourth-order valence-electron chi connectivity index (χ4n) is 5.81. The number of anilines is 1. The third-order valence-corrected chi connectivity index (χ3v) is 7.17. The molecule has 29 heavy (non-hydrogen) atoms. The Morgan fingerprint density at radius 1 is 0.793 bits per heavy atom. The molecule has 1 fully saturated rings. The van der Waals surface area contributed by atoms with E-state index in [2.05, 4.69) is 36.4 Å². The van der Waals surface area contributed by atoms with Gasteiger partial charge in [0.2, 0.25) is 11.8 Å². The highest BCUT2D eigenvalue weighted by molar-refractivity contribution is 6.31. The number of benzene rings is 3. The molecule has 1 aliphatic heterocycles. The summed E-state index contributed by atoms with van der Waals surface area (Å²) in [4.78, 5) is 28.4. The molecule has 3 aromatic carbocycles. The maximum atomic E-state index is 13.9. The zero-order valence-electron chi connectivity index (χ0n) is 15.6. The number of carbonyl (C=O) groups excluding carboxylic acids is 2. The van der Waals surface area contributed by atoms with Crippen LogP contribution in [-0.4, -0.2) is 11.8 Å². The van der Waals surface area contributed by atoms with Crippen LogP contribution in [-0.2, 0) is 9.59 Å². The van der Waals surface area contributed by atoms with Crippen molar-refractivity contribution in [2.45, 2.75) is 24.7 Å². The predicted octanol–water partition coefficient (Wildman–Crippen LogP) is 5.27. The van der Waals surface area contributed by atoms with E-state index in [1.807, 2.05) is 12.1 Å². The predicted molar refractivity (Wildman–Crippen MR) is 112 cm³/mol. The Balaban J connectivity index is 1.54. The van der Waals surface area contributed by atoms with E-state index in [0.717, 1.165) is 0 Å². The standard InChI is InChI=1S/C25H18ClNO2/c26-15-9-11-16(12-10-15)27-22(28)14-25(24(27)29)13-21-17-5-1-3-7-19(17)23(25)20-8-4-2-6-18(20)21/h1-12,21,23H,13-14H2/t21?,23?,25-/m0/s1. The molecule has 1 spiro atoms. The van der Waals surface area contributed by atoms with E-state index in [1.165, 1.54) is 27.2 Å². The summed E-state index contributed by atoms with van der Waals surface area (Å²) in [5.41, 5.74) is 4.87. The second-order valence-electron chi connectivity index (χ2n) is 8.29. The lowest BCUT2D eigenvalue weighted by Gasteiger charge is -2.50. The van der Waals surface area contributed by atoms with E-state index in [0.29, 0.717) is 17.1 Å². The summed E-state index contributed by atoms with van der Waals surface area (Å²) in [6.45, 7) is 0. The van der Waals surface area contributed by atoms with Crippen LogP contribution in [0.1, 0.15) is 46.9 Å². The lowest BCUT2D eigenvalue weighted by atomic mass is 9.51. The number of imide groups is 1. The Hall–Kier alpha value is -2.91. The number of hydrogen-bond donors (Lipinski definition) is 0. The highest BCUT2D eigenvalue weighted by Gasteiger charge is 2.62. The van der Waals surface area contributed by atoms with E-state index in [9.17, 15) is 9.59 Å². The zero-order chi connectivity index (χ0) is 19.8. The van der Waals surface area contributed by atoms with Gasteiger partial charge in [0, 0.05) is 23.3 Å². The third kappa shape index (κ3) is 2.14. The van der Waals surface area contributed by atoms with Crippen LogP contribution in [0.5, 0.6) is 0 Å². The van der Waals surface area contributed by atoms with Crippen molar-refractivity contribution in [1.82, 2.24) is 0 Å². The lowest BCUT2D eigenvalue weighted by molar-refractivity contribution is -0.127. The summed E-state index contributed by atoms with van der Waals surface area (Å²) in [7, 11) is 0. The Bertz CT molecular complexity index is 1140. The molecule has 0 N–H and O–H groups in total. The number of hydrogen-bond acceptors (Lipinski definition) is 2. The van der Waals surface area contributed by atoms with Gasteiger partial charge in [-0.1, -0.05) is 60.1 Å². The molecular weight excluding hydrogens is 382 g/mol. The molecule has 0 radical (unpaired) electrons. The highest BCUT2D eigenvalue weighted by Crippen LogP contribution is 2.64. The second-order valence-corrected chi connectivity index (χ2v) is 8.73. The van der Waals surface area contributed by atoms with Gasteiger partial charge in [0.05, 0.1) is 11.1 Å². The maximum absolute atomic E-state index is 13.9. The summed E-state index contributed by atoms with van der Waals surface area (Å²) in [6.07, 6.45) is 0.929. The van der Waals surface area contributed by atoms with Crippen LogP contribution in [0.15, 0.2) is 72.8 Å². The summed E-state index contributed by atoms with van der Waals surface area (Å²) in [6, 6.07) is 23.8. The molecule has 3 nitrogen and oxygen atoms in total. The molecule has 2 amide bonds. The first-order chi connectivity index (χ1) is 14.1. The zero-order valence-corrected chi connectivity index (χ0v) is 16.4. The van der Waals surface area contributed by atoms with Crippen LogP contribution in [0, 0.1) is 5.41 Å². The van der Waals surface area contributed by atoms with Crippen LogP contribution >= 0.6 is 11.6 Å². The second kappa shape index (κ2) is 5.80. The number of halogens is 1. The summed E-state index contributed by atoms with van der Waals surface area (Å²) in [5.74, 6) is -0.147. The molecule has 4 heteroatoms. The quantitative estimate of drug-likeness (QED) is 0.523. The van der Waals surface area contributed by atoms with Crippen molar-refractivity contribution < 1.29 is 9.59 Å². The number of nitrogens with zero attached hydrogens (tertiary/aromatic N) is 1. The largest absolute Gasteiger partial charge is 0.274 e. The topological polar surface area (TPSA) is 37.4 Å². The molecule has 1 heterocycles. The van der Waals surface area contributed by atoms with Gasteiger partial charge in [-0.05, 0) is 52.9 Å². The lowest BCUT2D eigenvalue weighted by Crippen LogP contribution is -2.47. The fraction of sp³-hybridized carbons (Fsp3) is 0.200. The van der Waals surface area contributed by atoms with Crippen LogP contribution in [0.25, 0.3) is 0 Å². The average molecular weight is 400 g/mol. The Morgan fingerprint density at radius 2 is 1.34 bits per heavy atom. The SMILES string of the molecule is O=C1C[C@]2(CC3c4ccccc4C2c2ccccc23)C(=O)N1c1ccc(Cl)cc1. The van der Waals surface area contributed by atoms with Crippen molar-refractivity contribution in [1.29, 1.82) is 0 Å². The van der Waals surface area contributed by atoms with Crippen molar-refractivity contribution in [2.24, 2.45) is 5.41 Å². The van der Waals surface area contributed by atoms with E-state index >= 15 is 0 Å². The third-order valence-electron chi connectivity index (χ3n) is 6.92. The average Bonchev–Trinajstić information content (AvgIpc) is 2.98. The van der Waals surface area contributed by atoms with Gasteiger partial charge in [-0.25, -0.2) is 0 Å². The van der Waals surface area contributed by atoms with Crippen molar-refractivity contribution in [3.63, 3.8) is 0 Å². The van der Waals surface area contributed by atoms with Gasteiger partial charge < -0.3 is 0 Å². The summed E-state index contributed by atoms with van der Waals surface area (Å²) >= 11 is 6.01. The van der Waals surface area contributed by atoms with Gasteiger partial charge in [-0.15, -0.1) is 0 Å². The minimum Gasteiger partial charge on any atom is -0.274 e. The van der Waals surface area contributed by atoms with Crippen LogP contribution in [0.3, 0.4) is 0 Å². The molecule has 142 valence electrons. The molecule has 1 atom stereocenters. The first kappa shape index (κ1) is 17.0. The Morgan fingerprint density at radius 3 is 1.93 bits per heavy atom. The van der Waals surface area contributed by atoms with E-state index in [4.69, 9.17) is 11.6 Å². The van der Waals surface area contributed by atoms with Gasteiger partial charge >= 0.3 is 0 Å². The molecule has 3 aliphatic carbocycles. The van der Waals surface area contributed by atoms with Gasteiger partial charge in [-0.3, -0.25) is 14.5 Å². The molecule has 0 saturated carbocycles. The van der Waals surface area contributed by atoms with Gasteiger partial charge in [0.25, 0.3) is 0 Å². The summed E-state index contributed by atoms with van der Waals surface area (Å²) in [5, 5.41) is 0.585. The van der Waals surface area contributed by atoms with Crippen molar-refractivity contribution >= 4 is 29.1 Å². The van der Waals surface area contributed by atoms with E-state index in [1.54, 1.807) is 24.3 Å². The molecule has 3 aromatic rings. The van der Waals surface area contributed by atoms with Gasteiger partial charge in [0.1, 0.15) is 0 Å². The Labute approximate surface area is 173 Å². The summed E-state index contributed by atoms with van der Waals surface area (Å²) < 4.78 is 0. The van der Waals surface area contributed by atoms with Crippen molar-refractivity contribution in [3.8, 4) is 0 Å². The molecule has 0 aromatic heterocycles. The van der Waals surface area contributed by atoms with Gasteiger partial charge in [-0.2, -0.15) is 0 Å². The van der Waals surface area contributed by atoms with Crippen LogP contribution in [0.4, 0.5) is 5.69 Å². The smallest absolute Gasteiger partial charge is 0.241 e. The molecule has 2 bridgehead atoms. The van der Waals surface area contributed by atoms with Crippen molar-refractivity contribution in [2.75, 3.05) is 4.90 Å². The Kier molecular flexibility index (Phi) is 3.40. The number of carbonyl (C=O) groups is 2. The molecular formula is C25H18ClNO2. The van der Waals surface area contributed by atoms with Crippen LogP contribution < -0.4 is 4.90 Å². The minimum absolute atomic E-state index is 0.0798. The van der Waals surface area contributed by atoms with Crippen LogP contribution in [0.2, 0.25) is 5.02 Å². The van der Waals surface area contributed by atoms with Crippen molar-refractivity contribution in [3.05, 3.63) is 100 Å².